The maximum atomic E-state index is 10.3. The fourth-order valence-corrected chi connectivity index (χ4v) is 3.24. The predicted molar refractivity (Wildman–Crippen MR) is 80.2 cm³/mol. The van der Waals surface area contributed by atoms with E-state index in [4.69, 9.17) is 0 Å². The molecule has 1 fully saturated rings. The minimum atomic E-state index is -0.269. The second-order valence-corrected chi connectivity index (χ2v) is 5.81. The second-order valence-electron chi connectivity index (χ2n) is 5.81. The molecular formula is C17H22N2O. The molecule has 1 aliphatic rings. The van der Waals surface area contributed by atoms with Crippen molar-refractivity contribution in [2.24, 2.45) is 5.92 Å². The van der Waals surface area contributed by atoms with Crippen LogP contribution < -0.4 is 0 Å². The van der Waals surface area contributed by atoms with Crippen molar-refractivity contribution in [3.05, 3.63) is 42.7 Å². The van der Waals surface area contributed by atoms with Crippen LogP contribution >= 0.6 is 0 Å². The minimum Gasteiger partial charge on any atom is -0.391 e. The van der Waals surface area contributed by atoms with Gasteiger partial charge in [-0.1, -0.05) is 56.0 Å². The van der Waals surface area contributed by atoms with Crippen LogP contribution in [0.25, 0.3) is 11.4 Å². The van der Waals surface area contributed by atoms with Crippen molar-refractivity contribution in [2.75, 3.05) is 0 Å². The molecule has 0 saturated heterocycles. The molecule has 106 valence electrons. The Kier molecular flexibility index (Phi) is 4.16. The monoisotopic (exact) mass is 270 g/mol. The van der Waals surface area contributed by atoms with Crippen molar-refractivity contribution < 1.29 is 5.11 Å². The molecule has 1 aliphatic carbocycles. The van der Waals surface area contributed by atoms with Crippen LogP contribution in [0.2, 0.25) is 0 Å². The summed E-state index contributed by atoms with van der Waals surface area (Å²) in [6, 6.07) is 10.2. The normalized spacial score (nSPS) is 17.4. The third-order valence-corrected chi connectivity index (χ3v) is 4.24. The molecule has 1 unspecified atom stereocenters. The van der Waals surface area contributed by atoms with Crippen LogP contribution in [0, 0.1) is 5.92 Å². The van der Waals surface area contributed by atoms with Crippen molar-refractivity contribution in [2.45, 2.75) is 44.8 Å². The van der Waals surface area contributed by atoms with Gasteiger partial charge in [0.1, 0.15) is 5.82 Å². The number of benzene rings is 1. The van der Waals surface area contributed by atoms with E-state index in [2.05, 4.69) is 21.7 Å². The molecule has 1 heterocycles. The Hall–Kier alpha value is -1.61. The largest absolute Gasteiger partial charge is 0.391 e. The third-order valence-electron chi connectivity index (χ3n) is 4.24. The van der Waals surface area contributed by atoms with Crippen LogP contribution in [0.15, 0.2) is 42.7 Å². The molecule has 1 N–H and O–H groups in total. The summed E-state index contributed by atoms with van der Waals surface area (Å²) in [6.07, 6.45) is 9.65. The van der Waals surface area contributed by atoms with Crippen molar-refractivity contribution >= 4 is 0 Å². The molecule has 20 heavy (non-hydrogen) atoms. The summed E-state index contributed by atoms with van der Waals surface area (Å²) in [4.78, 5) is 4.42. The number of aromatic nitrogens is 2. The molecule has 1 saturated carbocycles. The molecule has 1 atom stereocenters. The van der Waals surface area contributed by atoms with E-state index in [1.165, 1.54) is 25.7 Å². The van der Waals surface area contributed by atoms with Crippen LogP contribution in [-0.4, -0.2) is 20.8 Å². The average Bonchev–Trinajstić information content (AvgIpc) is 3.11. The van der Waals surface area contributed by atoms with E-state index in [0.29, 0.717) is 12.5 Å². The summed E-state index contributed by atoms with van der Waals surface area (Å²) in [5.74, 6) is 1.66. The third kappa shape index (κ3) is 3.10. The number of nitrogens with zero attached hydrogens (tertiary/aromatic N) is 2. The molecule has 0 bridgehead atoms. The van der Waals surface area contributed by atoms with E-state index >= 15 is 0 Å². The Morgan fingerprint density at radius 2 is 1.95 bits per heavy atom. The lowest BCUT2D eigenvalue weighted by Crippen LogP contribution is -2.19. The van der Waals surface area contributed by atoms with Gasteiger partial charge in [-0.25, -0.2) is 4.98 Å². The van der Waals surface area contributed by atoms with E-state index in [0.717, 1.165) is 17.8 Å². The molecule has 2 aromatic rings. The van der Waals surface area contributed by atoms with Crippen LogP contribution in [0.1, 0.15) is 32.1 Å². The lowest BCUT2D eigenvalue weighted by Gasteiger charge is -2.17. The first-order valence-corrected chi connectivity index (χ1v) is 7.57. The molecule has 3 rings (SSSR count). The summed E-state index contributed by atoms with van der Waals surface area (Å²) < 4.78 is 2.06. The van der Waals surface area contributed by atoms with E-state index in [1.807, 2.05) is 30.6 Å². The molecule has 0 spiro atoms. The van der Waals surface area contributed by atoms with Crippen LogP contribution in [0.4, 0.5) is 0 Å². The van der Waals surface area contributed by atoms with Gasteiger partial charge in [-0.05, 0) is 12.3 Å². The molecular weight excluding hydrogens is 248 g/mol. The predicted octanol–water partition coefficient (Wildman–Crippen LogP) is 3.49. The number of hydrogen-bond donors (Lipinski definition) is 1. The molecule has 0 radical (unpaired) electrons. The molecule has 3 nitrogen and oxygen atoms in total. The van der Waals surface area contributed by atoms with E-state index in [1.54, 1.807) is 0 Å². The van der Waals surface area contributed by atoms with Crippen molar-refractivity contribution in [1.82, 2.24) is 9.55 Å². The van der Waals surface area contributed by atoms with Gasteiger partial charge in [0, 0.05) is 18.0 Å². The van der Waals surface area contributed by atoms with Gasteiger partial charge in [0.15, 0.2) is 0 Å². The summed E-state index contributed by atoms with van der Waals surface area (Å²) in [7, 11) is 0. The first-order valence-electron chi connectivity index (χ1n) is 7.57. The Morgan fingerprint density at radius 3 is 2.70 bits per heavy atom. The fraction of sp³-hybridized carbons (Fsp3) is 0.471. The molecule has 1 aromatic heterocycles. The molecule has 3 heteroatoms. The maximum Gasteiger partial charge on any atom is 0.139 e. The Bertz CT molecular complexity index is 529. The van der Waals surface area contributed by atoms with E-state index in [9.17, 15) is 5.11 Å². The van der Waals surface area contributed by atoms with E-state index < -0.39 is 0 Å². The Balaban J connectivity index is 1.67. The van der Waals surface area contributed by atoms with Crippen LogP contribution in [0.3, 0.4) is 0 Å². The number of hydrogen-bond acceptors (Lipinski definition) is 2. The SMILES string of the molecule is OC(CC1CCCC1)Cn1ccnc1-c1ccccc1. The van der Waals surface area contributed by atoms with Crippen molar-refractivity contribution in [3.63, 3.8) is 0 Å². The van der Waals surface area contributed by atoms with Gasteiger partial charge in [0.05, 0.1) is 12.6 Å². The van der Waals surface area contributed by atoms with Crippen molar-refractivity contribution in [3.8, 4) is 11.4 Å². The zero-order valence-corrected chi connectivity index (χ0v) is 11.8. The highest BCUT2D eigenvalue weighted by atomic mass is 16.3. The first kappa shape index (κ1) is 13.4. The maximum absolute atomic E-state index is 10.3. The molecule has 0 aliphatic heterocycles. The van der Waals surface area contributed by atoms with Crippen LogP contribution in [-0.2, 0) is 6.54 Å². The number of aliphatic hydroxyl groups excluding tert-OH is 1. The van der Waals surface area contributed by atoms with Gasteiger partial charge in [-0.3, -0.25) is 0 Å². The number of aliphatic hydroxyl groups is 1. The Labute approximate surface area is 120 Å². The van der Waals surface area contributed by atoms with Gasteiger partial charge < -0.3 is 9.67 Å². The van der Waals surface area contributed by atoms with Gasteiger partial charge in [0.25, 0.3) is 0 Å². The van der Waals surface area contributed by atoms with Gasteiger partial charge >= 0.3 is 0 Å². The molecule has 0 amide bonds. The van der Waals surface area contributed by atoms with Gasteiger partial charge in [-0.15, -0.1) is 0 Å². The van der Waals surface area contributed by atoms with Gasteiger partial charge in [0.2, 0.25) is 0 Å². The highest BCUT2D eigenvalue weighted by molar-refractivity contribution is 5.55. The first-order chi connectivity index (χ1) is 9.83. The highest BCUT2D eigenvalue weighted by Crippen LogP contribution is 2.29. The van der Waals surface area contributed by atoms with Crippen LogP contribution in [0.5, 0.6) is 0 Å². The lowest BCUT2D eigenvalue weighted by molar-refractivity contribution is 0.125. The quantitative estimate of drug-likeness (QED) is 0.903. The fourth-order valence-electron chi connectivity index (χ4n) is 3.24. The number of imidazole rings is 1. The summed E-state index contributed by atoms with van der Waals surface area (Å²) >= 11 is 0. The smallest absolute Gasteiger partial charge is 0.139 e. The standard InChI is InChI=1S/C17H22N2O/c20-16(12-14-6-4-5-7-14)13-19-11-10-18-17(19)15-8-2-1-3-9-15/h1-3,8-11,14,16,20H,4-7,12-13H2. The zero-order chi connectivity index (χ0) is 13.8. The highest BCUT2D eigenvalue weighted by Gasteiger charge is 2.19. The lowest BCUT2D eigenvalue weighted by atomic mass is 10.00. The summed E-state index contributed by atoms with van der Waals surface area (Å²) in [5, 5.41) is 10.3. The topological polar surface area (TPSA) is 38.0 Å². The number of rotatable bonds is 5. The average molecular weight is 270 g/mol. The summed E-state index contributed by atoms with van der Waals surface area (Å²) in [6.45, 7) is 0.640. The zero-order valence-electron chi connectivity index (χ0n) is 11.8. The molecule has 1 aromatic carbocycles. The minimum absolute atomic E-state index is 0.269. The van der Waals surface area contributed by atoms with Crippen molar-refractivity contribution in [1.29, 1.82) is 0 Å². The summed E-state index contributed by atoms with van der Waals surface area (Å²) in [5.41, 5.74) is 1.10. The van der Waals surface area contributed by atoms with E-state index in [-0.39, 0.29) is 6.10 Å². The second kappa shape index (κ2) is 6.23. The van der Waals surface area contributed by atoms with Gasteiger partial charge in [-0.2, -0.15) is 0 Å². The Morgan fingerprint density at radius 1 is 1.20 bits per heavy atom.